The lowest BCUT2D eigenvalue weighted by molar-refractivity contribution is 1.10. The number of nitrogens with zero attached hydrogens (tertiary/aromatic N) is 1. The third-order valence-electron chi connectivity index (χ3n) is 2.57. The van der Waals surface area contributed by atoms with Crippen LogP contribution in [0.1, 0.15) is 25.0 Å². The van der Waals surface area contributed by atoms with E-state index in [0.29, 0.717) is 0 Å². The van der Waals surface area contributed by atoms with Crippen LogP contribution in [-0.4, -0.2) is 4.98 Å². The van der Waals surface area contributed by atoms with Crippen LogP contribution in [0.4, 0.5) is 5.69 Å². The van der Waals surface area contributed by atoms with Crippen LogP contribution >= 0.6 is 11.3 Å². The van der Waals surface area contributed by atoms with E-state index in [1.165, 1.54) is 11.1 Å². The molecule has 0 aliphatic rings. The average Bonchev–Trinajstić information content (AvgIpc) is 2.68. The standard InChI is InChI=1S/C11H14N2S/c1-3-7-5-8(4-2)10-11(9(7)12)14-6-13-10/h5-6H,3-4,12H2,1-2H3. The lowest BCUT2D eigenvalue weighted by atomic mass is 10.0. The minimum absolute atomic E-state index is 0.919. The molecule has 74 valence electrons. The Morgan fingerprint density at radius 2 is 2.00 bits per heavy atom. The number of hydrogen-bond donors (Lipinski definition) is 1. The van der Waals surface area contributed by atoms with Gasteiger partial charge in [-0.3, -0.25) is 0 Å². The number of hydrogen-bond acceptors (Lipinski definition) is 3. The summed E-state index contributed by atoms with van der Waals surface area (Å²) >= 11 is 1.64. The molecule has 0 atom stereocenters. The molecule has 2 rings (SSSR count). The van der Waals surface area contributed by atoms with Crippen molar-refractivity contribution in [3.8, 4) is 0 Å². The molecule has 0 saturated heterocycles. The molecule has 1 aromatic heterocycles. The zero-order valence-corrected chi connectivity index (χ0v) is 9.32. The van der Waals surface area contributed by atoms with Crippen molar-refractivity contribution in [1.82, 2.24) is 4.98 Å². The van der Waals surface area contributed by atoms with Gasteiger partial charge in [0.25, 0.3) is 0 Å². The summed E-state index contributed by atoms with van der Waals surface area (Å²) in [6.07, 6.45) is 2.01. The number of aromatic nitrogens is 1. The third-order valence-corrected chi connectivity index (χ3v) is 3.43. The Labute approximate surface area is 87.8 Å². The van der Waals surface area contributed by atoms with Gasteiger partial charge in [-0.25, -0.2) is 4.98 Å². The summed E-state index contributed by atoms with van der Waals surface area (Å²) in [5.41, 5.74) is 12.5. The van der Waals surface area contributed by atoms with Crippen LogP contribution in [0.3, 0.4) is 0 Å². The van der Waals surface area contributed by atoms with Gasteiger partial charge in [0.2, 0.25) is 0 Å². The van der Waals surface area contributed by atoms with Crippen LogP contribution in [0.5, 0.6) is 0 Å². The zero-order valence-electron chi connectivity index (χ0n) is 8.50. The largest absolute Gasteiger partial charge is 0.397 e. The zero-order chi connectivity index (χ0) is 10.1. The van der Waals surface area contributed by atoms with Gasteiger partial charge in [-0.15, -0.1) is 11.3 Å². The van der Waals surface area contributed by atoms with Crippen LogP contribution in [0, 0.1) is 0 Å². The minimum atomic E-state index is 0.919. The van der Waals surface area contributed by atoms with Crippen molar-refractivity contribution in [3.63, 3.8) is 0 Å². The normalized spacial score (nSPS) is 11.0. The summed E-state index contributed by atoms with van der Waals surface area (Å²) in [6.45, 7) is 4.29. The second kappa shape index (κ2) is 3.58. The fraction of sp³-hybridized carbons (Fsp3) is 0.364. The summed E-state index contributed by atoms with van der Waals surface area (Å²) in [4.78, 5) is 4.36. The fourth-order valence-corrected chi connectivity index (χ4v) is 2.55. The van der Waals surface area contributed by atoms with Gasteiger partial charge in [0.05, 0.1) is 21.4 Å². The number of nitrogens with two attached hydrogens (primary N) is 1. The van der Waals surface area contributed by atoms with Crippen molar-refractivity contribution < 1.29 is 0 Å². The quantitative estimate of drug-likeness (QED) is 0.767. The summed E-state index contributed by atoms with van der Waals surface area (Å²) in [5, 5.41) is 0. The number of rotatable bonds is 2. The molecule has 14 heavy (non-hydrogen) atoms. The molecule has 1 heterocycles. The lowest BCUT2D eigenvalue weighted by Crippen LogP contribution is -1.96. The summed E-state index contributed by atoms with van der Waals surface area (Å²) in [5.74, 6) is 0. The molecule has 2 N–H and O–H groups in total. The molecule has 0 amide bonds. The predicted octanol–water partition coefficient (Wildman–Crippen LogP) is 3.00. The Hall–Kier alpha value is -1.09. The molecule has 0 fully saturated rings. The number of anilines is 1. The molecule has 1 aromatic carbocycles. The van der Waals surface area contributed by atoms with E-state index < -0.39 is 0 Å². The molecule has 0 bridgehead atoms. The molecule has 0 aliphatic heterocycles. The minimum Gasteiger partial charge on any atom is -0.397 e. The third kappa shape index (κ3) is 1.28. The molecule has 2 nitrogen and oxygen atoms in total. The molecule has 0 spiro atoms. The topological polar surface area (TPSA) is 38.9 Å². The Kier molecular flexibility index (Phi) is 2.42. The van der Waals surface area contributed by atoms with E-state index in [0.717, 1.165) is 28.7 Å². The van der Waals surface area contributed by atoms with Crippen LogP contribution in [0.25, 0.3) is 10.2 Å². The van der Waals surface area contributed by atoms with Crippen molar-refractivity contribution in [3.05, 3.63) is 22.7 Å². The molecular formula is C11H14N2S. The molecule has 3 heteroatoms. The van der Waals surface area contributed by atoms with Gasteiger partial charge in [0.1, 0.15) is 0 Å². The van der Waals surface area contributed by atoms with Gasteiger partial charge in [0.15, 0.2) is 0 Å². The van der Waals surface area contributed by atoms with Gasteiger partial charge >= 0.3 is 0 Å². The van der Waals surface area contributed by atoms with Crippen molar-refractivity contribution in [2.45, 2.75) is 26.7 Å². The van der Waals surface area contributed by atoms with Gasteiger partial charge < -0.3 is 5.73 Å². The smallest absolute Gasteiger partial charge is 0.0865 e. The summed E-state index contributed by atoms with van der Waals surface area (Å²) in [7, 11) is 0. The Balaban J connectivity index is 2.80. The first-order valence-electron chi connectivity index (χ1n) is 4.91. The first-order chi connectivity index (χ1) is 6.77. The first-order valence-corrected chi connectivity index (χ1v) is 5.79. The number of thiazole rings is 1. The van der Waals surface area contributed by atoms with E-state index in [-0.39, 0.29) is 0 Å². The highest BCUT2D eigenvalue weighted by Crippen LogP contribution is 2.31. The van der Waals surface area contributed by atoms with E-state index in [4.69, 9.17) is 5.73 Å². The molecule has 0 unspecified atom stereocenters. The van der Waals surface area contributed by atoms with Crippen LogP contribution in [-0.2, 0) is 12.8 Å². The average molecular weight is 206 g/mol. The Morgan fingerprint density at radius 1 is 1.29 bits per heavy atom. The molecule has 2 aromatic rings. The maximum atomic E-state index is 6.07. The molecule has 0 radical (unpaired) electrons. The van der Waals surface area contributed by atoms with Gasteiger partial charge in [-0.05, 0) is 24.0 Å². The van der Waals surface area contributed by atoms with Crippen molar-refractivity contribution in [2.75, 3.05) is 5.73 Å². The number of nitrogen functional groups attached to an aromatic ring is 1. The Morgan fingerprint density at radius 3 is 2.64 bits per heavy atom. The van der Waals surface area contributed by atoms with E-state index in [9.17, 15) is 0 Å². The van der Waals surface area contributed by atoms with E-state index >= 15 is 0 Å². The fourth-order valence-electron chi connectivity index (χ4n) is 1.73. The summed E-state index contributed by atoms with van der Waals surface area (Å²) in [6, 6.07) is 2.19. The van der Waals surface area contributed by atoms with Crippen LogP contribution in [0.15, 0.2) is 11.6 Å². The second-order valence-corrected chi connectivity index (χ2v) is 4.20. The van der Waals surface area contributed by atoms with Gasteiger partial charge in [-0.2, -0.15) is 0 Å². The highest BCUT2D eigenvalue weighted by molar-refractivity contribution is 7.17. The lowest BCUT2D eigenvalue weighted by Gasteiger charge is -2.07. The van der Waals surface area contributed by atoms with Crippen LogP contribution in [0.2, 0.25) is 0 Å². The van der Waals surface area contributed by atoms with Crippen molar-refractivity contribution in [1.29, 1.82) is 0 Å². The van der Waals surface area contributed by atoms with E-state index in [1.807, 2.05) is 5.51 Å². The maximum Gasteiger partial charge on any atom is 0.0865 e. The highest BCUT2D eigenvalue weighted by atomic mass is 32.1. The Bertz CT molecular complexity index is 460. The highest BCUT2D eigenvalue weighted by Gasteiger charge is 2.09. The van der Waals surface area contributed by atoms with Crippen molar-refractivity contribution >= 4 is 27.2 Å². The molecule has 0 saturated carbocycles. The molecule has 0 aliphatic carbocycles. The van der Waals surface area contributed by atoms with Gasteiger partial charge in [0, 0.05) is 0 Å². The monoisotopic (exact) mass is 206 g/mol. The van der Waals surface area contributed by atoms with Crippen LogP contribution < -0.4 is 5.73 Å². The number of aryl methyl sites for hydroxylation is 2. The second-order valence-electron chi connectivity index (χ2n) is 3.35. The predicted molar refractivity (Wildman–Crippen MR) is 62.8 cm³/mol. The first kappa shape index (κ1) is 9.46. The van der Waals surface area contributed by atoms with Gasteiger partial charge in [-0.1, -0.05) is 19.9 Å². The number of fused-ring (bicyclic) bond motifs is 1. The summed E-state index contributed by atoms with van der Waals surface area (Å²) < 4.78 is 1.15. The molecular weight excluding hydrogens is 192 g/mol. The van der Waals surface area contributed by atoms with E-state index in [2.05, 4.69) is 24.9 Å². The van der Waals surface area contributed by atoms with Crippen molar-refractivity contribution in [2.24, 2.45) is 0 Å². The SMILES string of the molecule is CCc1cc(CC)c2ncsc2c1N. The number of benzene rings is 1. The maximum absolute atomic E-state index is 6.07. The van der Waals surface area contributed by atoms with E-state index in [1.54, 1.807) is 11.3 Å².